The van der Waals surface area contributed by atoms with E-state index in [1.165, 1.54) is 0 Å². The van der Waals surface area contributed by atoms with E-state index in [0.29, 0.717) is 11.8 Å². The molecule has 10 aromatic rings. The molecule has 0 spiro atoms. The summed E-state index contributed by atoms with van der Waals surface area (Å²) >= 11 is 0. The van der Waals surface area contributed by atoms with Crippen LogP contribution >= 0.6 is 0 Å². The highest BCUT2D eigenvalue weighted by Gasteiger charge is 2.23. The summed E-state index contributed by atoms with van der Waals surface area (Å²) in [6.07, 6.45) is 0. The summed E-state index contributed by atoms with van der Waals surface area (Å²) in [4.78, 5) is 9.78. The molecule has 0 fully saturated rings. The van der Waals surface area contributed by atoms with Crippen molar-refractivity contribution in [3.63, 3.8) is 0 Å². The Hall–Kier alpha value is -6.72. The molecule has 0 bridgehead atoms. The second kappa shape index (κ2) is 10.9. The van der Waals surface area contributed by atoms with Crippen LogP contribution < -0.4 is 0 Å². The third kappa shape index (κ3) is 4.33. The Kier molecular flexibility index (Phi) is 6.11. The highest BCUT2D eigenvalue weighted by atomic mass is 16.4. The van der Waals surface area contributed by atoms with Crippen LogP contribution in [0.5, 0.6) is 0 Å². The standard InChI is InChI=1S/C44H27N3O2/c1-2-14-28(15-3-1)47-41-31(29-16-4-6-18-35(29)43-45-37-24-8-10-26-39(37)48-43)20-12-22-33(41)34-23-13-21-32(42(34)47)30-17-5-7-19-36(30)44-46-38-25-9-11-27-40(38)49-44/h1-27H. The van der Waals surface area contributed by atoms with Gasteiger partial charge < -0.3 is 13.4 Å². The minimum absolute atomic E-state index is 0.601. The SMILES string of the molecule is c1ccc(-n2c3c(-c4ccccc4-c4nc5ccccc5o4)cccc3c3cccc(-c4ccccc4-c4nc5ccccc5o4)c32)cc1. The molecular formula is C44H27N3O2. The Morgan fingerprint density at radius 2 is 0.755 bits per heavy atom. The van der Waals surface area contributed by atoms with Crippen molar-refractivity contribution in [2.24, 2.45) is 0 Å². The Bertz CT molecular complexity index is 2600. The van der Waals surface area contributed by atoms with Crippen LogP contribution in [0.1, 0.15) is 0 Å². The Balaban J connectivity index is 1.28. The molecule has 0 radical (unpaired) electrons. The number of para-hydroxylation sites is 7. The van der Waals surface area contributed by atoms with Gasteiger partial charge in [-0.25, -0.2) is 9.97 Å². The molecule has 0 aliphatic rings. The van der Waals surface area contributed by atoms with E-state index in [1.807, 2.05) is 60.7 Å². The summed E-state index contributed by atoms with van der Waals surface area (Å²) in [5.74, 6) is 1.20. The number of aromatic nitrogens is 3. The average molecular weight is 630 g/mol. The fourth-order valence-corrected chi connectivity index (χ4v) is 7.17. The Labute approximate surface area is 281 Å². The third-order valence-electron chi connectivity index (χ3n) is 9.31. The molecule has 0 saturated carbocycles. The number of fused-ring (bicyclic) bond motifs is 5. The lowest BCUT2D eigenvalue weighted by Crippen LogP contribution is -1.98. The lowest BCUT2D eigenvalue weighted by atomic mass is 9.96. The first kappa shape index (κ1) is 27.4. The number of rotatable bonds is 5. The number of hydrogen-bond acceptors (Lipinski definition) is 4. The molecule has 0 saturated heterocycles. The lowest BCUT2D eigenvalue weighted by Gasteiger charge is -2.15. The first-order chi connectivity index (χ1) is 24.3. The van der Waals surface area contributed by atoms with E-state index in [1.54, 1.807) is 0 Å². The molecule has 0 unspecified atom stereocenters. The van der Waals surface area contributed by atoms with Gasteiger partial charge in [0.25, 0.3) is 0 Å². The summed E-state index contributed by atoms with van der Waals surface area (Å²) < 4.78 is 15.1. The van der Waals surface area contributed by atoms with Crippen molar-refractivity contribution in [2.45, 2.75) is 0 Å². The van der Waals surface area contributed by atoms with Crippen molar-refractivity contribution in [3.8, 4) is 50.8 Å². The van der Waals surface area contributed by atoms with Crippen molar-refractivity contribution in [1.82, 2.24) is 14.5 Å². The molecule has 0 aliphatic heterocycles. The first-order valence-electron chi connectivity index (χ1n) is 16.3. The van der Waals surface area contributed by atoms with Crippen LogP contribution in [-0.2, 0) is 0 Å². The van der Waals surface area contributed by atoms with Crippen molar-refractivity contribution in [3.05, 3.63) is 164 Å². The predicted octanol–water partition coefficient (Wildman–Crippen LogP) is 11.7. The van der Waals surface area contributed by atoms with Crippen molar-refractivity contribution in [2.75, 3.05) is 0 Å². The van der Waals surface area contributed by atoms with Gasteiger partial charge in [-0.05, 0) is 59.7 Å². The average Bonchev–Trinajstić information content (AvgIpc) is 3.89. The predicted molar refractivity (Wildman–Crippen MR) is 198 cm³/mol. The van der Waals surface area contributed by atoms with Gasteiger partial charge in [-0.3, -0.25) is 0 Å². The quantitative estimate of drug-likeness (QED) is 0.190. The lowest BCUT2D eigenvalue weighted by molar-refractivity contribution is 0.619. The van der Waals surface area contributed by atoms with Gasteiger partial charge in [0.2, 0.25) is 11.8 Å². The van der Waals surface area contributed by atoms with Crippen LogP contribution in [0.2, 0.25) is 0 Å². The number of oxazole rings is 2. The van der Waals surface area contributed by atoms with E-state index >= 15 is 0 Å². The minimum atomic E-state index is 0.601. The second-order valence-corrected chi connectivity index (χ2v) is 12.1. The molecule has 3 heterocycles. The van der Waals surface area contributed by atoms with Gasteiger partial charge in [0, 0.05) is 38.7 Å². The molecule has 10 rings (SSSR count). The van der Waals surface area contributed by atoms with Crippen molar-refractivity contribution < 1.29 is 8.83 Å². The Morgan fingerprint density at radius 1 is 0.347 bits per heavy atom. The van der Waals surface area contributed by atoms with Crippen LogP contribution in [0.3, 0.4) is 0 Å². The van der Waals surface area contributed by atoms with E-state index < -0.39 is 0 Å². The van der Waals surface area contributed by atoms with Crippen LogP contribution in [0.4, 0.5) is 0 Å². The zero-order chi connectivity index (χ0) is 32.3. The van der Waals surface area contributed by atoms with Crippen LogP contribution in [0.25, 0.3) is 94.9 Å². The molecule has 0 amide bonds. The van der Waals surface area contributed by atoms with Gasteiger partial charge in [-0.2, -0.15) is 0 Å². The fourth-order valence-electron chi connectivity index (χ4n) is 7.17. The highest BCUT2D eigenvalue weighted by molar-refractivity contribution is 6.18. The van der Waals surface area contributed by atoms with E-state index in [4.69, 9.17) is 18.8 Å². The maximum absolute atomic E-state index is 6.32. The van der Waals surface area contributed by atoms with Gasteiger partial charge in [-0.15, -0.1) is 0 Å². The molecule has 7 aromatic carbocycles. The van der Waals surface area contributed by atoms with E-state index in [9.17, 15) is 0 Å². The summed E-state index contributed by atoms with van der Waals surface area (Å²) in [7, 11) is 0. The monoisotopic (exact) mass is 629 g/mol. The zero-order valence-corrected chi connectivity index (χ0v) is 26.2. The highest BCUT2D eigenvalue weighted by Crippen LogP contribution is 2.45. The summed E-state index contributed by atoms with van der Waals surface area (Å²) in [6, 6.07) is 56.3. The number of nitrogens with zero attached hydrogens (tertiary/aromatic N) is 3. The molecule has 0 aliphatic carbocycles. The molecule has 3 aromatic heterocycles. The first-order valence-corrected chi connectivity index (χ1v) is 16.3. The fraction of sp³-hybridized carbons (Fsp3) is 0. The third-order valence-corrected chi connectivity index (χ3v) is 9.31. The molecule has 0 N–H and O–H groups in total. The number of benzene rings is 7. The van der Waals surface area contributed by atoms with Gasteiger partial charge in [-0.1, -0.05) is 115 Å². The van der Waals surface area contributed by atoms with Crippen molar-refractivity contribution >= 4 is 44.0 Å². The van der Waals surface area contributed by atoms with Gasteiger partial charge in [0.15, 0.2) is 11.2 Å². The molecule has 49 heavy (non-hydrogen) atoms. The maximum Gasteiger partial charge on any atom is 0.227 e. The normalized spacial score (nSPS) is 11.7. The molecule has 230 valence electrons. The van der Waals surface area contributed by atoms with Crippen LogP contribution in [-0.4, -0.2) is 14.5 Å². The molecule has 5 nitrogen and oxygen atoms in total. The summed E-state index contributed by atoms with van der Waals surface area (Å²) in [6.45, 7) is 0. The second-order valence-electron chi connectivity index (χ2n) is 12.1. The number of hydrogen-bond donors (Lipinski definition) is 0. The van der Waals surface area contributed by atoms with E-state index in [0.717, 1.165) is 83.1 Å². The van der Waals surface area contributed by atoms with Gasteiger partial charge in [0.1, 0.15) is 11.0 Å². The largest absolute Gasteiger partial charge is 0.436 e. The van der Waals surface area contributed by atoms with Crippen molar-refractivity contribution in [1.29, 1.82) is 0 Å². The molecule has 0 atom stereocenters. The molecule has 5 heteroatoms. The van der Waals surface area contributed by atoms with Crippen LogP contribution in [0, 0.1) is 0 Å². The van der Waals surface area contributed by atoms with Gasteiger partial charge in [0.05, 0.1) is 11.0 Å². The summed E-state index contributed by atoms with van der Waals surface area (Å²) in [5.41, 5.74) is 12.7. The zero-order valence-electron chi connectivity index (χ0n) is 26.2. The van der Waals surface area contributed by atoms with E-state index in [-0.39, 0.29) is 0 Å². The van der Waals surface area contributed by atoms with Crippen LogP contribution in [0.15, 0.2) is 173 Å². The van der Waals surface area contributed by atoms with Gasteiger partial charge >= 0.3 is 0 Å². The topological polar surface area (TPSA) is 57.0 Å². The van der Waals surface area contributed by atoms with E-state index in [2.05, 4.69) is 108 Å². The smallest absolute Gasteiger partial charge is 0.227 e. The summed E-state index contributed by atoms with van der Waals surface area (Å²) in [5, 5.41) is 2.31. The Morgan fingerprint density at radius 3 is 1.24 bits per heavy atom. The minimum Gasteiger partial charge on any atom is -0.436 e. The molecular weight excluding hydrogens is 603 g/mol. The maximum atomic E-state index is 6.32.